The summed E-state index contributed by atoms with van der Waals surface area (Å²) in [6.45, 7) is 1.41. The van der Waals surface area contributed by atoms with Gasteiger partial charge in [-0.05, 0) is 48.5 Å². The zero-order chi connectivity index (χ0) is 16.5. The van der Waals surface area contributed by atoms with Gasteiger partial charge in [-0.25, -0.2) is 8.78 Å². The number of rotatable bonds is 2. The minimum Gasteiger partial charge on any atom is -0.355 e. The lowest BCUT2D eigenvalue weighted by atomic mass is 10.2. The molecule has 2 rings (SSSR count). The molecule has 0 aliphatic rings. The molecule has 0 saturated carbocycles. The third kappa shape index (κ3) is 6.13. The maximum absolute atomic E-state index is 12.3. The number of carbonyl (C=O) groups is 2. The van der Waals surface area contributed by atoms with Crippen molar-refractivity contribution >= 4 is 17.5 Å². The van der Waals surface area contributed by atoms with Crippen LogP contribution >= 0.6 is 0 Å². The topological polar surface area (TPSA) is 58.2 Å². The Balaban J connectivity index is 0.000000220. The van der Waals surface area contributed by atoms with Gasteiger partial charge >= 0.3 is 0 Å². The maximum Gasteiger partial charge on any atom is 0.251 e. The van der Waals surface area contributed by atoms with E-state index in [1.54, 1.807) is 0 Å². The average molecular weight is 306 g/mol. The molecule has 0 unspecified atom stereocenters. The first-order chi connectivity index (χ1) is 10.4. The third-order valence-electron chi connectivity index (χ3n) is 2.50. The van der Waals surface area contributed by atoms with Crippen LogP contribution in [0.4, 0.5) is 14.5 Å². The lowest BCUT2D eigenvalue weighted by Gasteiger charge is -1.99. The summed E-state index contributed by atoms with van der Waals surface area (Å²) in [7, 11) is 1.53. The van der Waals surface area contributed by atoms with Crippen molar-refractivity contribution in [1.82, 2.24) is 5.32 Å². The van der Waals surface area contributed by atoms with Gasteiger partial charge in [0.25, 0.3) is 5.91 Å². The molecule has 0 spiro atoms. The van der Waals surface area contributed by atoms with Crippen molar-refractivity contribution < 1.29 is 18.4 Å². The van der Waals surface area contributed by atoms with Gasteiger partial charge in [0.15, 0.2) is 0 Å². The van der Waals surface area contributed by atoms with Gasteiger partial charge in [-0.2, -0.15) is 0 Å². The first-order valence-corrected chi connectivity index (χ1v) is 6.43. The highest BCUT2D eigenvalue weighted by Gasteiger charge is 2.00. The van der Waals surface area contributed by atoms with Gasteiger partial charge in [-0.3, -0.25) is 9.59 Å². The standard InChI is InChI=1S/2C8H8FNO/c1-10-8(11)6-2-4-7(9)5-3-6;1-6(11)10-8-4-2-7(9)3-5-8/h2*2-5H,1H3,(H,10,11). The Labute approximate surface area is 127 Å². The number of halogens is 2. The van der Waals surface area contributed by atoms with Crippen LogP contribution in [0.2, 0.25) is 0 Å². The Hall–Kier alpha value is -2.76. The van der Waals surface area contributed by atoms with Crippen LogP contribution in [0.3, 0.4) is 0 Å². The van der Waals surface area contributed by atoms with Gasteiger partial charge < -0.3 is 10.6 Å². The van der Waals surface area contributed by atoms with Crippen LogP contribution in [0.1, 0.15) is 17.3 Å². The van der Waals surface area contributed by atoms with Crippen LogP contribution in [0.25, 0.3) is 0 Å². The second kappa shape index (κ2) is 8.51. The highest BCUT2D eigenvalue weighted by atomic mass is 19.1. The lowest BCUT2D eigenvalue weighted by Crippen LogP contribution is -2.17. The molecule has 116 valence electrons. The zero-order valence-corrected chi connectivity index (χ0v) is 12.2. The summed E-state index contributed by atoms with van der Waals surface area (Å²) in [6, 6.07) is 11.0. The molecule has 2 aromatic rings. The molecule has 4 nitrogen and oxygen atoms in total. The van der Waals surface area contributed by atoms with E-state index in [-0.39, 0.29) is 23.4 Å². The van der Waals surface area contributed by atoms with Crippen LogP contribution in [0.15, 0.2) is 48.5 Å². The number of nitrogens with one attached hydrogen (secondary N) is 2. The van der Waals surface area contributed by atoms with Gasteiger partial charge in [0.05, 0.1) is 0 Å². The van der Waals surface area contributed by atoms with Crippen LogP contribution in [0, 0.1) is 11.6 Å². The molecule has 22 heavy (non-hydrogen) atoms. The molecule has 0 aromatic heterocycles. The number of amides is 2. The van der Waals surface area contributed by atoms with Crippen LogP contribution in [-0.4, -0.2) is 18.9 Å². The van der Waals surface area contributed by atoms with Crippen molar-refractivity contribution in [2.24, 2.45) is 0 Å². The fourth-order valence-corrected chi connectivity index (χ4v) is 1.48. The Morgan fingerprint density at radius 2 is 1.32 bits per heavy atom. The number of hydrogen-bond acceptors (Lipinski definition) is 2. The Morgan fingerprint density at radius 1 is 0.864 bits per heavy atom. The molecule has 0 bridgehead atoms. The van der Waals surface area contributed by atoms with Gasteiger partial charge in [-0.1, -0.05) is 0 Å². The molecule has 0 radical (unpaired) electrons. The molecule has 0 atom stereocenters. The van der Waals surface area contributed by atoms with Crippen molar-refractivity contribution in [2.75, 3.05) is 12.4 Å². The molecule has 0 aliphatic heterocycles. The van der Waals surface area contributed by atoms with E-state index < -0.39 is 0 Å². The molecular weight excluding hydrogens is 290 g/mol. The largest absolute Gasteiger partial charge is 0.355 e. The first kappa shape index (κ1) is 17.3. The number of anilines is 1. The van der Waals surface area contributed by atoms with Gasteiger partial charge in [0.1, 0.15) is 11.6 Å². The number of benzene rings is 2. The summed E-state index contributed by atoms with van der Waals surface area (Å²) >= 11 is 0. The predicted octanol–water partition coefficient (Wildman–Crippen LogP) is 2.97. The van der Waals surface area contributed by atoms with E-state index in [0.717, 1.165) is 0 Å². The minimum atomic E-state index is -0.336. The quantitative estimate of drug-likeness (QED) is 0.896. The molecule has 0 aliphatic carbocycles. The van der Waals surface area contributed by atoms with E-state index >= 15 is 0 Å². The zero-order valence-electron chi connectivity index (χ0n) is 12.2. The summed E-state index contributed by atoms with van der Waals surface area (Å²) in [5.41, 5.74) is 1.08. The number of hydrogen-bond donors (Lipinski definition) is 2. The molecule has 0 fully saturated rings. The summed E-state index contributed by atoms with van der Waals surface area (Å²) in [6.07, 6.45) is 0. The maximum atomic E-state index is 12.3. The Kier molecular flexibility index (Phi) is 6.69. The fraction of sp³-hybridized carbons (Fsp3) is 0.125. The second-order valence-electron chi connectivity index (χ2n) is 4.27. The average Bonchev–Trinajstić information content (AvgIpc) is 2.50. The smallest absolute Gasteiger partial charge is 0.251 e. The highest BCUT2D eigenvalue weighted by molar-refractivity contribution is 5.93. The van der Waals surface area contributed by atoms with Crippen LogP contribution in [0.5, 0.6) is 0 Å². The van der Waals surface area contributed by atoms with Crippen molar-refractivity contribution in [3.63, 3.8) is 0 Å². The van der Waals surface area contributed by atoms with Crippen molar-refractivity contribution in [2.45, 2.75) is 6.92 Å². The normalized spacial score (nSPS) is 9.27. The fourth-order valence-electron chi connectivity index (χ4n) is 1.48. The first-order valence-electron chi connectivity index (χ1n) is 6.43. The monoisotopic (exact) mass is 306 g/mol. The summed E-state index contributed by atoms with van der Waals surface area (Å²) < 4.78 is 24.6. The van der Waals surface area contributed by atoms with E-state index in [1.807, 2.05) is 0 Å². The minimum absolute atomic E-state index is 0.156. The summed E-state index contributed by atoms with van der Waals surface area (Å²) in [5.74, 6) is -1.00. The van der Waals surface area contributed by atoms with E-state index in [1.165, 1.54) is 62.5 Å². The lowest BCUT2D eigenvalue weighted by molar-refractivity contribution is -0.114. The van der Waals surface area contributed by atoms with Crippen molar-refractivity contribution in [3.05, 3.63) is 65.7 Å². The molecular formula is C16H16F2N2O2. The molecule has 2 amide bonds. The molecule has 0 heterocycles. The Morgan fingerprint density at radius 3 is 1.73 bits per heavy atom. The predicted molar refractivity (Wildman–Crippen MR) is 80.5 cm³/mol. The van der Waals surface area contributed by atoms with Gasteiger partial charge in [0.2, 0.25) is 5.91 Å². The SMILES string of the molecule is CC(=O)Nc1ccc(F)cc1.CNC(=O)c1ccc(F)cc1. The van der Waals surface area contributed by atoms with E-state index in [0.29, 0.717) is 11.3 Å². The number of carbonyl (C=O) groups excluding carboxylic acids is 2. The van der Waals surface area contributed by atoms with E-state index in [2.05, 4.69) is 10.6 Å². The summed E-state index contributed by atoms with van der Waals surface area (Å²) in [5, 5.41) is 4.97. The molecule has 2 aromatic carbocycles. The molecule has 0 saturated heterocycles. The molecule has 2 N–H and O–H groups in total. The van der Waals surface area contributed by atoms with Crippen LogP contribution in [-0.2, 0) is 4.79 Å². The van der Waals surface area contributed by atoms with E-state index in [4.69, 9.17) is 0 Å². The second-order valence-corrected chi connectivity index (χ2v) is 4.27. The summed E-state index contributed by atoms with van der Waals surface area (Å²) in [4.78, 5) is 21.4. The van der Waals surface area contributed by atoms with Gasteiger partial charge in [0, 0.05) is 25.2 Å². The Bertz CT molecular complexity index is 626. The van der Waals surface area contributed by atoms with E-state index in [9.17, 15) is 18.4 Å². The van der Waals surface area contributed by atoms with Gasteiger partial charge in [-0.15, -0.1) is 0 Å². The third-order valence-corrected chi connectivity index (χ3v) is 2.50. The molecule has 6 heteroatoms. The van der Waals surface area contributed by atoms with Crippen LogP contribution < -0.4 is 10.6 Å². The van der Waals surface area contributed by atoms with Crippen molar-refractivity contribution in [1.29, 1.82) is 0 Å². The highest BCUT2D eigenvalue weighted by Crippen LogP contribution is 2.07. The van der Waals surface area contributed by atoms with Crippen molar-refractivity contribution in [3.8, 4) is 0 Å².